The van der Waals surface area contributed by atoms with Crippen molar-refractivity contribution in [3.63, 3.8) is 0 Å². The van der Waals surface area contributed by atoms with E-state index in [1.165, 1.54) is 11.8 Å². The first-order valence-electron chi connectivity index (χ1n) is 9.67. The Balaban J connectivity index is 1.60. The lowest BCUT2D eigenvalue weighted by Crippen LogP contribution is -2.15. The van der Waals surface area contributed by atoms with Crippen molar-refractivity contribution in [1.29, 1.82) is 0 Å². The molecule has 1 amide bonds. The largest absolute Gasteiger partial charge is 0.462 e. The van der Waals surface area contributed by atoms with Gasteiger partial charge in [0, 0.05) is 11.4 Å². The van der Waals surface area contributed by atoms with Gasteiger partial charge in [0.15, 0.2) is 5.16 Å². The van der Waals surface area contributed by atoms with Crippen LogP contribution in [0.2, 0.25) is 0 Å². The Bertz CT molecular complexity index is 1030. The maximum atomic E-state index is 12.4. The predicted molar refractivity (Wildman–Crippen MR) is 117 cm³/mol. The quantitative estimate of drug-likeness (QED) is 0.431. The van der Waals surface area contributed by atoms with E-state index in [-0.39, 0.29) is 17.6 Å². The Morgan fingerprint density at radius 1 is 1.10 bits per heavy atom. The molecule has 0 aliphatic carbocycles. The first-order chi connectivity index (χ1) is 14.5. The Labute approximate surface area is 179 Å². The number of carbonyl (C=O) groups is 2. The molecule has 30 heavy (non-hydrogen) atoms. The summed E-state index contributed by atoms with van der Waals surface area (Å²) in [6, 6.07) is 14.7. The van der Waals surface area contributed by atoms with E-state index in [0.717, 1.165) is 23.5 Å². The Kier molecular flexibility index (Phi) is 7.24. The van der Waals surface area contributed by atoms with Gasteiger partial charge in [0.1, 0.15) is 5.82 Å². The molecule has 8 heteroatoms. The molecular weight excluding hydrogens is 400 g/mol. The highest BCUT2D eigenvalue weighted by molar-refractivity contribution is 7.99. The van der Waals surface area contributed by atoms with Gasteiger partial charge in [0.2, 0.25) is 5.91 Å². The maximum Gasteiger partial charge on any atom is 0.338 e. The van der Waals surface area contributed by atoms with Crippen LogP contribution in [0.5, 0.6) is 0 Å². The van der Waals surface area contributed by atoms with Crippen LogP contribution < -0.4 is 5.32 Å². The fourth-order valence-corrected chi connectivity index (χ4v) is 3.59. The number of aromatic nitrogens is 3. The standard InChI is InChI=1S/C22H24N4O3S/c1-4-12-29-21(28)17-8-10-18(11-9-17)23-20(27)14-30-22-25-24-16(3)26(22)19-7-5-6-15(2)13-19/h5-11,13H,4,12,14H2,1-3H3,(H,23,27). The molecular formula is C22H24N4O3S. The van der Waals surface area contributed by atoms with Gasteiger partial charge in [-0.25, -0.2) is 4.79 Å². The molecule has 3 rings (SSSR count). The Morgan fingerprint density at radius 3 is 2.57 bits per heavy atom. The SMILES string of the molecule is CCCOC(=O)c1ccc(NC(=O)CSc2nnc(C)n2-c2cccc(C)c2)cc1. The van der Waals surface area contributed by atoms with Crippen molar-refractivity contribution in [3.8, 4) is 5.69 Å². The lowest BCUT2D eigenvalue weighted by Gasteiger charge is -2.09. The van der Waals surface area contributed by atoms with Crippen LogP contribution in [0.3, 0.4) is 0 Å². The van der Waals surface area contributed by atoms with Crippen LogP contribution in [0, 0.1) is 13.8 Å². The molecule has 7 nitrogen and oxygen atoms in total. The summed E-state index contributed by atoms with van der Waals surface area (Å²) in [6.07, 6.45) is 0.773. The summed E-state index contributed by atoms with van der Waals surface area (Å²) in [5.41, 5.74) is 3.17. The zero-order valence-electron chi connectivity index (χ0n) is 17.2. The average Bonchev–Trinajstić information content (AvgIpc) is 3.11. The lowest BCUT2D eigenvalue weighted by molar-refractivity contribution is -0.113. The van der Waals surface area contributed by atoms with Crippen molar-refractivity contribution in [2.75, 3.05) is 17.7 Å². The number of aryl methyl sites for hydroxylation is 2. The third kappa shape index (κ3) is 5.48. The number of anilines is 1. The number of amides is 1. The highest BCUT2D eigenvalue weighted by Crippen LogP contribution is 2.22. The normalized spacial score (nSPS) is 10.6. The van der Waals surface area contributed by atoms with Gasteiger partial charge in [-0.2, -0.15) is 0 Å². The van der Waals surface area contributed by atoms with Crippen LogP contribution in [0.15, 0.2) is 53.7 Å². The number of nitrogens with one attached hydrogen (secondary N) is 1. The second kappa shape index (κ2) is 10.1. The van der Waals surface area contributed by atoms with E-state index >= 15 is 0 Å². The summed E-state index contributed by atoms with van der Waals surface area (Å²) in [4.78, 5) is 24.2. The minimum absolute atomic E-state index is 0.169. The van der Waals surface area contributed by atoms with Crippen molar-refractivity contribution in [2.45, 2.75) is 32.3 Å². The minimum Gasteiger partial charge on any atom is -0.462 e. The third-order valence-corrected chi connectivity index (χ3v) is 5.16. The smallest absolute Gasteiger partial charge is 0.338 e. The van der Waals surface area contributed by atoms with Crippen LogP contribution >= 0.6 is 11.8 Å². The zero-order valence-corrected chi connectivity index (χ0v) is 18.0. The van der Waals surface area contributed by atoms with Gasteiger partial charge in [-0.15, -0.1) is 10.2 Å². The first kappa shape index (κ1) is 21.6. The highest BCUT2D eigenvalue weighted by atomic mass is 32.2. The maximum absolute atomic E-state index is 12.4. The lowest BCUT2D eigenvalue weighted by atomic mass is 10.2. The summed E-state index contributed by atoms with van der Waals surface area (Å²) in [6.45, 7) is 6.24. The van der Waals surface area contributed by atoms with Crippen molar-refractivity contribution in [1.82, 2.24) is 14.8 Å². The number of ether oxygens (including phenoxy) is 1. The molecule has 3 aromatic rings. The minimum atomic E-state index is -0.365. The molecule has 0 saturated carbocycles. The molecule has 0 aliphatic rings. The topological polar surface area (TPSA) is 86.1 Å². The number of esters is 1. The summed E-state index contributed by atoms with van der Waals surface area (Å²) in [5.74, 6) is 0.410. The van der Waals surface area contributed by atoms with Crippen molar-refractivity contribution >= 4 is 29.3 Å². The van der Waals surface area contributed by atoms with E-state index in [1.807, 2.05) is 49.6 Å². The number of carbonyl (C=O) groups excluding carboxylic acids is 2. The Morgan fingerprint density at radius 2 is 1.87 bits per heavy atom. The van der Waals surface area contributed by atoms with Crippen LogP contribution in [-0.4, -0.2) is 39.0 Å². The second-order valence-electron chi connectivity index (χ2n) is 6.75. The number of thioether (sulfide) groups is 1. The summed E-state index contributed by atoms with van der Waals surface area (Å²) in [5, 5.41) is 11.8. The van der Waals surface area contributed by atoms with E-state index < -0.39 is 0 Å². The van der Waals surface area contributed by atoms with E-state index in [0.29, 0.717) is 23.0 Å². The van der Waals surface area contributed by atoms with E-state index in [9.17, 15) is 9.59 Å². The molecule has 2 aromatic carbocycles. The van der Waals surface area contributed by atoms with Gasteiger partial charge in [0.25, 0.3) is 0 Å². The van der Waals surface area contributed by atoms with Crippen LogP contribution in [-0.2, 0) is 9.53 Å². The van der Waals surface area contributed by atoms with Crippen LogP contribution in [0.25, 0.3) is 5.69 Å². The fourth-order valence-electron chi connectivity index (χ4n) is 2.80. The number of hydrogen-bond acceptors (Lipinski definition) is 6. The van der Waals surface area contributed by atoms with Gasteiger partial charge in [-0.05, 0) is 62.2 Å². The number of rotatable bonds is 8. The van der Waals surface area contributed by atoms with E-state index in [4.69, 9.17) is 4.74 Å². The molecule has 0 atom stereocenters. The van der Waals surface area contributed by atoms with Crippen LogP contribution in [0.4, 0.5) is 5.69 Å². The monoisotopic (exact) mass is 424 g/mol. The molecule has 0 radical (unpaired) electrons. The molecule has 0 aliphatic heterocycles. The van der Waals surface area contributed by atoms with Crippen molar-refractivity contribution in [3.05, 3.63) is 65.5 Å². The van der Waals surface area contributed by atoms with Crippen molar-refractivity contribution in [2.24, 2.45) is 0 Å². The van der Waals surface area contributed by atoms with Gasteiger partial charge < -0.3 is 10.1 Å². The molecule has 0 saturated heterocycles. The molecule has 0 unspecified atom stereocenters. The predicted octanol–water partition coefficient (Wildman–Crippen LogP) is 4.18. The summed E-state index contributed by atoms with van der Waals surface area (Å²) < 4.78 is 7.03. The highest BCUT2D eigenvalue weighted by Gasteiger charge is 2.14. The Hall–Kier alpha value is -3.13. The molecule has 0 spiro atoms. The van der Waals surface area contributed by atoms with Crippen LogP contribution in [0.1, 0.15) is 35.1 Å². The van der Waals surface area contributed by atoms with E-state index in [1.54, 1.807) is 24.3 Å². The first-order valence-corrected chi connectivity index (χ1v) is 10.7. The second-order valence-corrected chi connectivity index (χ2v) is 7.70. The molecule has 1 N–H and O–H groups in total. The molecule has 0 bridgehead atoms. The summed E-state index contributed by atoms with van der Waals surface area (Å²) in [7, 11) is 0. The van der Waals surface area contributed by atoms with Gasteiger partial charge in [-0.1, -0.05) is 30.8 Å². The molecule has 1 heterocycles. The van der Waals surface area contributed by atoms with Gasteiger partial charge >= 0.3 is 5.97 Å². The van der Waals surface area contributed by atoms with E-state index in [2.05, 4.69) is 15.5 Å². The fraction of sp³-hybridized carbons (Fsp3) is 0.273. The zero-order chi connectivity index (χ0) is 21.5. The number of nitrogens with zero attached hydrogens (tertiary/aromatic N) is 3. The molecule has 0 fully saturated rings. The third-order valence-electron chi connectivity index (χ3n) is 4.23. The molecule has 1 aromatic heterocycles. The van der Waals surface area contributed by atoms with Gasteiger partial charge in [-0.3, -0.25) is 9.36 Å². The average molecular weight is 425 g/mol. The number of hydrogen-bond donors (Lipinski definition) is 1. The molecule has 156 valence electrons. The van der Waals surface area contributed by atoms with Crippen molar-refractivity contribution < 1.29 is 14.3 Å². The summed E-state index contributed by atoms with van der Waals surface area (Å²) >= 11 is 1.32. The number of benzene rings is 2. The van der Waals surface area contributed by atoms with Gasteiger partial charge in [0.05, 0.1) is 17.9 Å².